The van der Waals surface area contributed by atoms with E-state index in [1.165, 1.54) is 119 Å². The van der Waals surface area contributed by atoms with Crippen LogP contribution in [0.3, 0.4) is 0 Å². The average Bonchev–Trinajstić information content (AvgIpc) is 3.11. The molecule has 2 aromatic rings. The maximum Gasteiger partial charge on any atom is 0.0345 e. The van der Waals surface area contributed by atoms with E-state index in [0.29, 0.717) is 0 Å². The lowest BCUT2D eigenvalue weighted by Gasteiger charge is -2.04. The fraction of sp³-hybridized carbons (Fsp3) is 0.692. The van der Waals surface area contributed by atoms with E-state index in [4.69, 9.17) is 0 Å². The van der Waals surface area contributed by atoms with E-state index in [9.17, 15) is 0 Å². The lowest BCUT2D eigenvalue weighted by atomic mass is 10.0. The van der Waals surface area contributed by atoms with Crippen molar-refractivity contribution in [3.05, 3.63) is 35.2 Å². The van der Waals surface area contributed by atoms with Crippen molar-refractivity contribution in [2.75, 3.05) is 0 Å². The first kappa shape index (κ1) is 22.5. The van der Waals surface area contributed by atoms with E-state index in [1.54, 1.807) is 5.56 Å². The quantitative estimate of drug-likeness (QED) is 0.237. The Morgan fingerprint density at radius 2 is 1.07 bits per heavy atom. The summed E-state index contributed by atoms with van der Waals surface area (Å²) in [5.74, 6) is 0. The van der Waals surface area contributed by atoms with E-state index in [0.717, 1.165) is 0 Å². The van der Waals surface area contributed by atoms with Crippen molar-refractivity contribution in [1.29, 1.82) is 0 Å². The Morgan fingerprint density at radius 1 is 0.593 bits per heavy atom. The average molecular weight is 387 g/mol. The molecule has 0 aliphatic rings. The summed E-state index contributed by atoms with van der Waals surface area (Å²) in [7, 11) is 0. The highest BCUT2D eigenvalue weighted by Crippen LogP contribution is 2.27. The van der Waals surface area contributed by atoms with Gasteiger partial charge in [0, 0.05) is 4.70 Å². The number of hydrogen-bond donors (Lipinski definition) is 0. The normalized spacial score (nSPS) is 11.4. The summed E-state index contributed by atoms with van der Waals surface area (Å²) in [6.45, 7) is 2.30. The Balaban J connectivity index is 1.33. The Labute approximate surface area is 172 Å². The Bertz CT molecular complexity index is 583. The van der Waals surface area contributed by atoms with Gasteiger partial charge >= 0.3 is 0 Å². The standard InChI is InChI=1S/C26H42S/c1-2-3-4-5-6-7-8-9-10-11-12-13-14-15-16-17-20-24-23-27-26-22-19-18-21-25(24)26/h18-19,21-23H,2-17,20H2,1H3. The fourth-order valence-corrected chi connectivity index (χ4v) is 5.09. The van der Waals surface area contributed by atoms with Crippen molar-refractivity contribution in [2.24, 2.45) is 0 Å². The number of benzene rings is 1. The molecule has 0 spiro atoms. The van der Waals surface area contributed by atoms with E-state index in [1.807, 2.05) is 11.3 Å². The topological polar surface area (TPSA) is 0 Å². The summed E-state index contributed by atoms with van der Waals surface area (Å²) in [5, 5.41) is 3.86. The van der Waals surface area contributed by atoms with Crippen LogP contribution in [0.25, 0.3) is 10.1 Å². The van der Waals surface area contributed by atoms with Gasteiger partial charge in [-0.05, 0) is 35.2 Å². The lowest BCUT2D eigenvalue weighted by Crippen LogP contribution is -1.86. The number of rotatable bonds is 17. The molecule has 1 heterocycles. The minimum atomic E-state index is 1.27. The Morgan fingerprint density at radius 3 is 1.63 bits per heavy atom. The van der Waals surface area contributed by atoms with Gasteiger partial charge < -0.3 is 0 Å². The fourth-order valence-electron chi connectivity index (χ4n) is 4.09. The van der Waals surface area contributed by atoms with Crippen LogP contribution in [0.1, 0.15) is 115 Å². The predicted octanol–water partition coefficient (Wildman–Crippen LogP) is 9.71. The lowest BCUT2D eigenvalue weighted by molar-refractivity contribution is 0.529. The minimum absolute atomic E-state index is 1.27. The van der Waals surface area contributed by atoms with Gasteiger partial charge in [-0.3, -0.25) is 0 Å². The summed E-state index contributed by atoms with van der Waals surface area (Å²) in [6, 6.07) is 8.86. The molecule has 0 atom stereocenters. The van der Waals surface area contributed by atoms with Gasteiger partial charge in [0.2, 0.25) is 0 Å². The van der Waals surface area contributed by atoms with Gasteiger partial charge in [-0.15, -0.1) is 11.3 Å². The van der Waals surface area contributed by atoms with Crippen molar-refractivity contribution in [3.63, 3.8) is 0 Å². The third kappa shape index (κ3) is 9.79. The number of hydrogen-bond acceptors (Lipinski definition) is 1. The molecule has 1 aromatic heterocycles. The molecule has 0 saturated heterocycles. The third-order valence-electron chi connectivity index (χ3n) is 5.86. The molecule has 0 unspecified atom stereocenters. The molecule has 0 aliphatic carbocycles. The third-order valence-corrected chi connectivity index (χ3v) is 6.87. The van der Waals surface area contributed by atoms with Crippen LogP contribution >= 0.6 is 11.3 Å². The van der Waals surface area contributed by atoms with Crippen molar-refractivity contribution < 1.29 is 0 Å². The molecule has 0 nitrogen and oxygen atoms in total. The molecule has 0 radical (unpaired) electrons. The van der Waals surface area contributed by atoms with Crippen molar-refractivity contribution in [1.82, 2.24) is 0 Å². The number of unbranched alkanes of at least 4 members (excludes halogenated alkanes) is 15. The van der Waals surface area contributed by atoms with Crippen molar-refractivity contribution in [3.8, 4) is 0 Å². The van der Waals surface area contributed by atoms with Gasteiger partial charge in [0.25, 0.3) is 0 Å². The molecule has 0 amide bonds. The zero-order chi connectivity index (χ0) is 19.0. The molecule has 152 valence electrons. The number of aryl methyl sites for hydroxylation is 1. The molecule has 2 rings (SSSR count). The van der Waals surface area contributed by atoms with Gasteiger partial charge in [-0.2, -0.15) is 0 Å². The van der Waals surface area contributed by atoms with Gasteiger partial charge in [-0.1, -0.05) is 121 Å². The number of fused-ring (bicyclic) bond motifs is 1. The zero-order valence-electron chi connectivity index (χ0n) is 17.8. The van der Waals surface area contributed by atoms with Crippen molar-refractivity contribution in [2.45, 2.75) is 116 Å². The van der Waals surface area contributed by atoms with Crippen LogP contribution in [0.15, 0.2) is 29.6 Å². The molecule has 0 fully saturated rings. The number of thiophene rings is 1. The summed E-state index contributed by atoms with van der Waals surface area (Å²) in [5.41, 5.74) is 1.57. The van der Waals surface area contributed by atoms with E-state index < -0.39 is 0 Å². The molecule has 0 N–H and O–H groups in total. The van der Waals surface area contributed by atoms with Crippen LogP contribution in [0.5, 0.6) is 0 Å². The highest BCUT2D eigenvalue weighted by molar-refractivity contribution is 7.17. The first-order valence-electron chi connectivity index (χ1n) is 11.9. The van der Waals surface area contributed by atoms with Crippen LogP contribution in [-0.2, 0) is 6.42 Å². The molecular formula is C26H42S. The summed E-state index contributed by atoms with van der Waals surface area (Å²) in [6.07, 6.45) is 24.4. The SMILES string of the molecule is CCCCCCCCCCCCCCCCCCc1csc2ccccc12. The first-order valence-corrected chi connectivity index (χ1v) is 12.7. The maximum absolute atomic E-state index is 2.37. The van der Waals surface area contributed by atoms with E-state index >= 15 is 0 Å². The van der Waals surface area contributed by atoms with Gasteiger partial charge in [0.15, 0.2) is 0 Å². The zero-order valence-corrected chi connectivity index (χ0v) is 18.6. The molecular weight excluding hydrogens is 344 g/mol. The first-order chi connectivity index (χ1) is 13.4. The second kappa shape index (κ2) is 15.1. The Kier molecular flexibility index (Phi) is 12.6. The van der Waals surface area contributed by atoms with Crippen LogP contribution in [0.2, 0.25) is 0 Å². The van der Waals surface area contributed by atoms with E-state index in [-0.39, 0.29) is 0 Å². The summed E-state index contributed by atoms with van der Waals surface area (Å²) in [4.78, 5) is 0. The van der Waals surface area contributed by atoms with Crippen LogP contribution in [0.4, 0.5) is 0 Å². The minimum Gasteiger partial charge on any atom is -0.144 e. The molecule has 1 aromatic carbocycles. The molecule has 0 bridgehead atoms. The van der Waals surface area contributed by atoms with Crippen LogP contribution < -0.4 is 0 Å². The van der Waals surface area contributed by atoms with Gasteiger partial charge in [0.05, 0.1) is 0 Å². The smallest absolute Gasteiger partial charge is 0.0345 e. The molecule has 0 saturated carbocycles. The van der Waals surface area contributed by atoms with Gasteiger partial charge in [-0.25, -0.2) is 0 Å². The summed E-state index contributed by atoms with van der Waals surface area (Å²) < 4.78 is 1.45. The second-order valence-electron chi connectivity index (χ2n) is 8.31. The van der Waals surface area contributed by atoms with E-state index in [2.05, 4.69) is 36.6 Å². The molecule has 1 heteroatoms. The summed E-state index contributed by atoms with van der Waals surface area (Å²) >= 11 is 1.90. The molecule has 0 aliphatic heterocycles. The van der Waals surface area contributed by atoms with Gasteiger partial charge in [0.1, 0.15) is 0 Å². The highest BCUT2D eigenvalue weighted by atomic mass is 32.1. The van der Waals surface area contributed by atoms with Crippen LogP contribution in [0, 0.1) is 0 Å². The Hall–Kier alpha value is -0.820. The second-order valence-corrected chi connectivity index (χ2v) is 9.22. The molecule has 27 heavy (non-hydrogen) atoms. The maximum atomic E-state index is 2.37. The highest BCUT2D eigenvalue weighted by Gasteiger charge is 2.02. The predicted molar refractivity (Wildman–Crippen MR) is 125 cm³/mol. The largest absolute Gasteiger partial charge is 0.144 e. The van der Waals surface area contributed by atoms with Crippen LogP contribution in [-0.4, -0.2) is 0 Å². The monoisotopic (exact) mass is 386 g/mol. The van der Waals surface area contributed by atoms with Crippen molar-refractivity contribution >= 4 is 21.4 Å².